The molecule has 5 nitrogen and oxygen atoms in total. The Morgan fingerprint density at radius 1 is 0.960 bits per heavy atom. The van der Waals surface area contributed by atoms with E-state index in [-0.39, 0.29) is 25.2 Å². The maximum absolute atomic E-state index is 12.4. The summed E-state index contributed by atoms with van der Waals surface area (Å²) in [7, 11) is 0. The summed E-state index contributed by atoms with van der Waals surface area (Å²) in [6.07, 6.45) is 0.472. The molecule has 134 valence electrons. The fourth-order valence-corrected chi connectivity index (χ4v) is 2.67. The lowest BCUT2D eigenvalue weighted by Gasteiger charge is -2.30. The Morgan fingerprint density at radius 3 is 2.04 bits per heavy atom. The van der Waals surface area contributed by atoms with Gasteiger partial charge in [-0.1, -0.05) is 37.3 Å². The summed E-state index contributed by atoms with van der Waals surface area (Å²) in [6.45, 7) is 2.86. The number of rotatable bonds is 10. The molecule has 0 saturated carbocycles. The van der Waals surface area contributed by atoms with Crippen molar-refractivity contribution in [3.63, 3.8) is 0 Å². The Balaban J connectivity index is 2.07. The summed E-state index contributed by atoms with van der Waals surface area (Å²) in [5, 5.41) is 18.3. The molecule has 0 fully saturated rings. The highest BCUT2D eigenvalue weighted by molar-refractivity contribution is 6.08. The number of aliphatic hydroxyl groups excluding tert-OH is 2. The van der Waals surface area contributed by atoms with Crippen LogP contribution >= 0.6 is 0 Å². The Bertz CT molecular complexity index is 637. The van der Waals surface area contributed by atoms with Gasteiger partial charge in [0.2, 0.25) is 0 Å². The van der Waals surface area contributed by atoms with Gasteiger partial charge in [-0.15, -0.1) is 0 Å². The summed E-state index contributed by atoms with van der Waals surface area (Å²) in [5.74, 6) is 0.624. The average Bonchev–Trinajstić information content (AvgIpc) is 2.66. The van der Waals surface area contributed by atoms with E-state index >= 15 is 0 Å². The lowest BCUT2D eigenvalue weighted by Crippen LogP contribution is -2.42. The summed E-state index contributed by atoms with van der Waals surface area (Å²) in [5.41, 5.74) is 1.26. The summed E-state index contributed by atoms with van der Waals surface area (Å²) in [4.78, 5) is 14.3. The Morgan fingerprint density at radius 2 is 1.52 bits per heavy atom. The van der Waals surface area contributed by atoms with E-state index in [4.69, 9.17) is 14.9 Å². The van der Waals surface area contributed by atoms with Crippen LogP contribution in [0.25, 0.3) is 0 Å². The van der Waals surface area contributed by atoms with E-state index in [9.17, 15) is 4.79 Å². The largest absolute Gasteiger partial charge is 0.475 e. The molecule has 0 bridgehead atoms. The Labute approximate surface area is 148 Å². The monoisotopic (exact) mass is 343 g/mol. The third-order valence-corrected chi connectivity index (χ3v) is 3.96. The number of hydrogen-bond donors (Lipinski definition) is 2. The van der Waals surface area contributed by atoms with Crippen LogP contribution in [0.15, 0.2) is 54.6 Å². The smallest absolute Gasteiger partial charge is 0.193 e. The van der Waals surface area contributed by atoms with Crippen LogP contribution in [0.1, 0.15) is 29.3 Å². The molecule has 0 aromatic heterocycles. The molecule has 1 atom stereocenters. The minimum absolute atomic E-state index is 0.00434. The van der Waals surface area contributed by atoms with E-state index in [2.05, 4.69) is 0 Å². The van der Waals surface area contributed by atoms with E-state index in [1.54, 1.807) is 36.4 Å². The van der Waals surface area contributed by atoms with Crippen LogP contribution in [0.3, 0.4) is 0 Å². The standard InChI is InChI=1S/C20H25NO4/c1-2-19(21(12-14-22)13-15-23)25-18-10-8-17(9-11-18)20(24)16-6-4-3-5-7-16/h3-11,19,22-23H,2,12-15H2,1H3. The van der Waals surface area contributed by atoms with Gasteiger partial charge in [0.1, 0.15) is 5.75 Å². The molecule has 0 saturated heterocycles. The normalized spacial score (nSPS) is 12.2. The molecule has 0 radical (unpaired) electrons. The molecule has 0 amide bonds. The molecule has 2 aromatic rings. The molecular weight excluding hydrogens is 318 g/mol. The van der Waals surface area contributed by atoms with E-state index in [1.165, 1.54) is 0 Å². The van der Waals surface area contributed by atoms with Gasteiger partial charge in [0.05, 0.1) is 13.2 Å². The van der Waals surface area contributed by atoms with Crippen molar-refractivity contribution in [3.05, 3.63) is 65.7 Å². The summed E-state index contributed by atoms with van der Waals surface area (Å²) in [6, 6.07) is 16.2. The van der Waals surface area contributed by atoms with Crippen molar-refractivity contribution in [3.8, 4) is 5.75 Å². The van der Waals surface area contributed by atoms with Crippen molar-refractivity contribution in [2.45, 2.75) is 19.6 Å². The van der Waals surface area contributed by atoms with Crippen molar-refractivity contribution in [1.29, 1.82) is 0 Å². The topological polar surface area (TPSA) is 70.0 Å². The molecule has 0 spiro atoms. The number of ether oxygens (including phenoxy) is 1. The highest BCUT2D eigenvalue weighted by Crippen LogP contribution is 2.18. The van der Waals surface area contributed by atoms with Gasteiger partial charge in [-0.2, -0.15) is 0 Å². The second-order valence-electron chi connectivity index (χ2n) is 5.68. The SMILES string of the molecule is CCC(Oc1ccc(C(=O)c2ccccc2)cc1)N(CCO)CCO. The number of carbonyl (C=O) groups is 1. The Kier molecular flexibility index (Phi) is 7.60. The predicted octanol–water partition coefficient (Wildman–Crippen LogP) is 2.32. The zero-order chi connectivity index (χ0) is 18.1. The minimum atomic E-state index is -0.241. The first-order valence-electron chi connectivity index (χ1n) is 8.51. The van der Waals surface area contributed by atoms with Gasteiger partial charge in [-0.05, 0) is 30.7 Å². The van der Waals surface area contributed by atoms with Crippen molar-refractivity contribution in [2.24, 2.45) is 0 Å². The maximum Gasteiger partial charge on any atom is 0.193 e. The first kappa shape index (κ1) is 19.1. The number of ketones is 1. The van der Waals surface area contributed by atoms with Gasteiger partial charge in [0.15, 0.2) is 12.0 Å². The fourth-order valence-electron chi connectivity index (χ4n) is 2.67. The van der Waals surface area contributed by atoms with Crippen molar-refractivity contribution >= 4 is 5.78 Å². The summed E-state index contributed by atoms with van der Waals surface area (Å²) < 4.78 is 5.96. The third-order valence-electron chi connectivity index (χ3n) is 3.96. The maximum atomic E-state index is 12.4. The molecule has 0 heterocycles. The molecule has 2 aromatic carbocycles. The van der Waals surface area contributed by atoms with Crippen molar-refractivity contribution < 1.29 is 19.7 Å². The molecule has 1 unspecified atom stereocenters. The molecular formula is C20H25NO4. The number of aliphatic hydroxyl groups is 2. The second-order valence-corrected chi connectivity index (χ2v) is 5.68. The van der Waals surface area contributed by atoms with Crippen molar-refractivity contribution in [2.75, 3.05) is 26.3 Å². The molecule has 25 heavy (non-hydrogen) atoms. The van der Waals surface area contributed by atoms with E-state index in [1.807, 2.05) is 30.0 Å². The average molecular weight is 343 g/mol. The van der Waals surface area contributed by atoms with Gasteiger partial charge >= 0.3 is 0 Å². The van der Waals surface area contributed by atoms with Gasteiger partial charge < -0.3 is 14.9 Å². The number of benzene rings is 2. The first-order chi connectivity index (χ1) is 12.2. The fraction of sp³-hybridized carbons (Fsp3) is 0.350. The predicted molar refractivity (Wildman–Crippen MR) is 96.8 cm³/mol. The summed E-state index contributed by atoms with van der Waals surface area (Å²) >= 11 is 0. The van der Waals surface area contributed by atoms with Crippen LogP contribution in [0.2, 0.25) is 0 Å². The molecule has 5 heteroatoms. The second kappa shape index (κ2) is 9.93. The molecule has 0 aliphatic rings. The minimum Gasteiger partial charge on any atom is -0.475 e. The Hall–Kier alpha value is -2.21. The molecule has 0 aliphatic carbocycles. The van der Waals surface area contributed by atoms with E-state index in [0.29, 0.717) is 36.4 Å². The van der Waals surface area contributed by atoms with E-state index < -0.39 is 0 Å². The van der Waals surface area contributed by atoms with Crippen LogP contribution in [-0.2, 0) is 0 Å². The lowest BCUT2D eigenvalue weighted by atomic mass is 10.0. The lowest BCUT2D eigenvalue weighted by molar-refractivity contribution is 0.00222. The van der Waals surface area contributed by atoms with Crippen LogP contribution in [-0.4, -0.2) is 53.4 Å². The number of carbonyl (C=O) groups excluding carboxylic acids is 1. The quantitative estimate of drug-likeness (QED) is 0.512. The van der Waals surface area contributed by atoms with Gasteiger partial charge in [-0.25, -0.2) is 0 Å². The van der Waals surface area contributed by atoms with Crippen LogP contribution < -0.4 is 4.74 Å². The van der Waals surface area contributed by atoms with Gasteiger partial charge in [0, 0.05) is 24.2 Å². The van der Waals surface area contributed by atoms with Crippen LogP contribution in [0.4, 0.5) is 0 Å². The van der Waals surface area contributed by atoms with Crippen LogP contribution in [0.5, 0.6) is 5.75 Å². The highest BCUT2D eigenvalue weighted by atomic mass is 16.5. The molecule has 0 aliphatic heterocycles. The van der Waals surface area contributed by atoms with Gasteiger partial charge in [-0.3, -0.25) is 9.69 Å². The van der Waals surface area contributed by atoms with Gasteiger partial charge in [0.25, 0.3) is 0 Å². The number of hydrogen-bond acceptors (Lipinski definition) is 5. The zero-order valence-corrected chi connectivity index (χ0v) is 14.5. The first-order valence-corrected chi connectivity index (χ1v) is 8.51. The van der Waals surface area contributed by atoms with Crippen molar-refractivity contribution in [1.82, 2.24) is 4.90 Å². The molecule has 2 N–H and O–H groups in total. The zero-order valence-electron chi connectivity index (χ0n) is 14.5. The third kappa shape index (κ3) is 5.39. The van der Waals surface area contributed by atoms with E-state index in [0.717, 1.165) is 0 Å². The molecule has 2 rings (SSSR count). The number of nitrogens with zero attached hydrogens (tertiary/aromatic N) is 1. The highest BCUT2D eigenvalue weighted by Gasteiger charge is 2.18. The van der Waals surface area contributed by atoms with Crippen LogP contribution in [0, 0.1) is 0 Å².